The van der Waals surface area contributed by atoms with Crippen molar-refractivity contribution in [1.29, 1.82) is 0 Å². The summed E-state index contributed by atoms with van der Waals surface area (Å²) in [5.74, 6) is -1.23. The topological polar surface area (TPSA) is 93.1 Å². The first-order chi connectivity index (χ1) is 12.6. The van der Waals surface area contributed by atoms with Crippen LogP contribution in [0.25, 0.3) is 0 Å². The molecule has 27 heavy (non-hydrogen) atoms. The maximum absolute atomic E-state index is 12.4. The summed E-state index contributed by atoms with van der Waals surface area (Å²) < 4.78 is 11.0. The van der Waals surface area contributed by atoms with E-state index in [1.807, 2.05) is 0 Å². The Bertz CT molecular complexity index is 653. The molecule has 3 aliphatic rings. The highest BCUT2D eigenvalue weighted by Gasteiger charge is 2.70. The highest BCUT2D eigenvalue weighted by molar-refractivity contribution is 5.94. The molecule has 0 aromatic carbocycles. The zero-order chi connectivity index (χ0) is 20.0. The molecular formula is C21H32O6. The molecule has 2 fully saturated rings. The van der Waals surface area contributed by atoms with Gasteiger partial charge in [-0.1, -0.05) is 40.5 Å². The van der Waals surface area contributed by atoms with Crippen molar-refractivity contribution in [1.82, 2.24) is 0 Å². The Hall–Kier alpha value is -1.40. The minimum absolute atomic E-state index is 0.115. The summed E-state index contributed by atoms with van der Waals surface area (Å²) in [4.78, 5) is 24.7. The van der Waals surface area contributed by atoms with Gasteiger partial charge in [0.2, 0.25) is 0 Å². The standard InChI is InChI=1S/C21H32O6/c1-5-6-7-8-16(23)27-14-11-13-18(24)26-12-21(13,25)20(4)15(22)9-10-19(2,3)17(14)20/h11,14-15,17,22,25H,5-10,12H2,1-4H3/t14-,15-,17-,20-,21-/m1/s1. The first kappa shape index (κ1) is 20.3. The molecule has 1 saturated heterocycles. The Labute approximate surface area is 160 Å². The molecule has 1 saturated carbocycles. The average Bonchev–Trinajstić information content (AvgIpc) is 2.88. The van der Waals surface area contributed by atoms with Gasteiger partial charge in [0.25, 0.3) is 0 Å². The van der Waals surface area contributed by atoms with Gasteiger partial charge in [-0.15, -0.1) is 0 Å². The predicted octanol–water partition coefficient (Wildman–Crippen LogP) is 2.51. The number of aliphatic hydroxyl groups excluding tert-OH is 1. The van der Waals surface area contributed by atoms with Gasteiger partial charge in [0.1, 0.15) is 18.3 Å². The Morgan fingerprint density at radius 3 is 2.70 bits per heavy atom. The molecule has 6 nitrogen and oxygen atoms in total. The van der Waals surface area contributed by atoms with Crippen LogP contribution < -0.4 is 0 Å². The molecule has 152 valence electrons. The van der Waals surface area contributed by atoms with E-state index >= 15 is 0 Å². The van der Waals surface area contributed by atoms with Gasteiger partial charge in [0, 0.05) is 17.8 Å². The van der Waals surface area contributed by atoms with Crippen LogP contribution in [-0.4, -0.2) is 46.6 Å². The molecule has 0 spiro atoms. The molecule has 1 heterocycles. The number of ether oxygens (including phenoxy) is 2. The summed E-state index contributed by atoms with van der Waals surface area (Å²) >= 11 is 0. The minimum Gasteiger partial charge on any atom is -0.459 e. The van der Waals surface area contributed by atoms with Crippen LogP contribution in [0.15, 0.2) is 11.6 Å². The second-order valence-corrected chi connectivity index (χ2v) is 9.23. The van der Waals surface area contributed by atoms with E-state index in [1.54, 1.807) is 13.0 Å². The van der Waals surface area contributed by atoms with Crippen molar-refractivity contribution >= 4 is 11.9 Å². The van der Waals surface area contributed by atoms with Crippen molar-refractivity contribution in [3.63, 3.8) is 0 Å². The van der Waals surface area contributed by atoms with E-state index in [1.165, 1.54) is 0 Å². The van der Waals surface area contributed by atoms with Crippen LogP contribution in [0.5, 0.6) is 0 Å². The molecule has 0 aromatic heterocycles. The second-order valence-electron chi connectivity index (χ2n) is 9.23. The van der Waals surface area contributed by atoms with Gasteiger partial charge in [-0.05, 0) is 30.8 Å². The maximum Gasteiger partial charge on any atom is 0.337 e. The average molecular weight is 380 g/mol. The summed E-state index contributed by atoms with van der Waals surface area (Å²) in [5, 5.41) is 22.4. The number of carbonyl (C=O) groups excluding carboxylic acids is 2. The molecule has 0 bridgehead atoms. The fourth-order valence-electron chi connectivity index (χ4n) is 5.54. The van der Waals surface area contributed by atoms with Crippen LogP contribution in [0.4, 0.5) is 0 Å². The van der Waals surface area contributed by atoms with Crippen molar-refractivity contribution < 1.29 is 29.3 Å². The Morgan fingerprint density at radius 1 is 1.33 bits per heavy atom. The molecular weight excluding hydrogens is 348 g/mol. The second kappa shape index (κ2) is 6.89. The van der Waals surface area contributed by atoms with E-state index in [0.29, 0.717) is 12.8 Å². The van der Waals surface area contributed by atoms with Gasteiger partial charge in [-0.2, -0.15) is 0 Å². The highest BCUT2D eigenvalue weighted by Crippen LogP contribution is 2.62. The van der Waals surface area contributed by atoms with E-state index in [4.69, 9.17) is 9.47 Å². The number of esters is 2. The smallest absolute Gasteiger partial charge is 0.337 e. The number of hydrogen-bond donors (Lipinski definition) is 2. The monoisotopic (exact) mass is 380 g/mol. The summed E-state index contributed by atoms with van der Waals surface area (Å²) in [6.07, 6.45) is 4.40. The van der Waals surface area contributed by atoms with E-state index in [2.05, 4.69) is 20.8 Å². The van der Waals surface area contributed by atoms with E-state index in [0.717, 1.165) is 25.7 Å². The number of rotatable bonds is 5. The van der Waals surface area contributed by atoms with Gasteiger partial charge in [-0.3, -0.25) is 4.79 Å². The van der Waals surface area contributed by atoms with Crippen LogP contribution in [-0.2, 0) is 19.1 Å². The number of hydrogen-bond acceptors (Lipinski definition) is 6. The molecule has 3 rings (SSSR count). The summed E-state index contributed by atoms with van der Waals surface area (Å²) in [7, 11) is 0. The maximum atomic E-state index is 12.4. The van der Waals surface area contributed by atoms with Gasteiger partial charge < -0.3 is 19.7 Å². The number of aliphatic hydroxyl groups is 2. The van der Waals surface area contributed by atoms with Crippen molar-refractivity contribution in [3.8, 4) is 0 Å². The zero-order valence-electron chi connectivity index (χ0n) is 16.8. The lowest BCUT2D eigenvalue weighted by atomic mass is 9.45. The van der Waals surface area contributed by atoms with Crippen molar-refractivity contribution in [3.05, 3.63) is 11.6 Å². The summed E-state index contributed by atoms with van der Waals surface area (Å²) in [6, 6.07) is 0. The van der Waals surface area contributed by atoms with Gasteiger partial charge in [-0.25, -0.2) is 4.79 Å². The molecule has 0 unspecified atom stereocenters. The lowest BCUT2D eigenvalue weighted by Crippen LogP contribution is -2.68. The largest absolute Gasteiger partial charge is 0.459 e. The molecule has 0 radical (unpaired) electrons. The fraction of sp³-hybridized carbons (Fsp3) is 0.810. The third-order valence-corrected chi connectivity index (χ3v) is 7.12. The number of carbonyl (C=O) groups is 2. The van der Waals surface area contributed by atoms with Crippen LogP contribution in [0.3, 0.4) is 0 Å². The lowest BCUT2D eigenvalue weighted by molar-refractivity contribution is -0.226. The van der Waals surface area contributed by atoms with Gasteiger partial charge in [0.15, 0.2) is 0 Å². The van der Waals surface area contributed by atoms with Crippen LogP contribution >= 0.6 is 0 Å². The first-order valence-corrected chi connectivity index (χ1v) is 10.1. The van der Waals surface area contributed by atoms with E-state index < -0.39 is 29.2 Å². The molecule has 2 N–H and O–H groups in total. The Balaban J connectivity index is 2.00. The van der Waals surface area contributed by atoms with Crippen LogP contribution in [0.2, 0.25) is 0 Å². The van der Waals surface area contributed by atoms with Gasteiger partial charge >= 0.3 is 11.9 Å². The third kappa shape index (κ3) is 3.01. The van der Waals surface area contributed by atoms with Crippen LogP contribution in [0, 0.1) is 16.7 Å². The number of fused-ring (bicyclic) bond motifs is 3. The third-order valence-electron chi connectivity index (χ3n) is 7.12. The fourth-order valence-corrected chi connectivity index (χ4v) is 5.54. The van der Waals surface area contributed by atoms with Crippen molar-refractivity contribution in [2.75, 3.05) is 6.61 Å². The highest BCUT2D eigenvalue weighted by atomic mass is 16.6. The SMILES string of the molecule is CCCCCC(=O)O[C@@H]1C=C2C(=O)OC[C@]2(O)[C@]2(C)[C@H](O)CCC(C)(C)[C@@H]12. The molecule has 5 atom stereocenters. The minimum atomic E-state index is -1.57. The van der Waals surface area contributed by atoms with Crippen molar-refractivity contribution in [2.24, 2.45) is 16.7 Å². The lowest BCUT2D eigenvalue weighted by Gasteiger charge is -2.61. The van der Waals surface area contributed by atoms with E-state index in [-0.39, 0.29) is 29.5 Å². The van der Waals surface area contributed by atoms with Gasteiger partial charge in [0.05, 0.1) is 11.7 Å². The molecule has 1 aliphatic heterocycles. The van der Waals surface area contributed by atoms with E-state index in [9.17, 15) is 19.8 Å². The molecule has 6 heteroatoms. The zero-order valence-corrected chi connectivity index (χ0v) is 16.8. The number of cyclic esters (lactones) is 1. The quantitative estimate of drug-likeness (QED) is 0.562. The first-order valence-electron chi connectivity index (χ1n) is 10.1. The molecule has 0 amide bonds. The predicted molar refractivity (Wildman–Crippen MR) is 98.6 cm³/mol. The Kier molecular flexibility index (Phi) is 5.19. The van der Waals surface area contributed by atoms with Crippen molar-refractivity contribution in [2.45, 2.75) is 84.0 Å². The molecule has 0 aromatic rings. The Morgan fingerprint density at radius 2 is 2.04 bits per heavy atom. The van der Waals surface area contributed by atoms with Crippen LogP contribution in [0.1, 0.15) is 66.2 Å². The normalized spacial score (nSPS) is 39.9. The summed E-state index contributed by atoms with van der Waals surface area (Å²) in [6.45, 7) is 7.84. The summed E-state index contributed by atoms with van der Waals surface area (Å²) in [5.41, 5.74) is -2.79. The number of unbranched alkanes of at least 4 members (excludes halogenated alkanes) is 2. The molecule has 2 aliphatic carbocycles.